The molecule has 1 aromatic rings. The van der Waals surface area contributed by atoms with Crippen molar-refractivity contribution >= 4 is 0 Å². The molecule has 0 aliphatic carbocycles. The zero-order valence-electron chi connectivity index (χ0n) is 11.1. The highest BCUT2D eigenvalue weighted by Crippen LogP contribution is 2.18. The summed E-state index contributed by atoms with van der Waals surface area (Å²) in [5.41, 5.74) is 2.48. The van der Waals surface area contributed by atoms with E-state index in [-0.39, 0.29) is 6.10 Å². The summed E-state index contributed by atoms with van der Waals surface area (Å²) in [4.78, 5) is 0. The van der Waals surface area contributed by atoms with E-state index in [4.69, 9.17) is 4.74 Å². The summed E-state index contributed by atoms with van der Waals surface area (Å²) in [7, 11) is 0. The Morgan fingerprint density at radius 2 is 1.88 bits per heavy atom. The van der Waals surface area contributed by atoms with Gasteiger partial charge >= 0.3 is 0 Å². The highest BCUT2D eigenvalue weighted by atomic mass is 16.5. The molecule has 0 saturated heterocycles. The minimum absolute atomic E-state index is 0.222. The van der Waals surface area contributed by atoms with Crippen molar-refractivity contribution in [2.24, 2.45) is 0 Å². The summed E-state index contributed by atoms with van der Waals surface area (Å²) < 4.78 is 5.98. The molecule has 0 aromatic heterocycles. The smallest absolute Gasteiger partial charge is 0.0786 e. The molecule has 1 unspecified atom stereocenters. The van der Waals surface area contributed by atoms with Gasteiger partial charge in [0.15, 0.2) is 0 Å². The fraction of sp³-hybridized carbons (Fsp3) is 0.500. The predicted octanol–water partition coefficient (Wildman–Crippen LogP) is 4.73. The van der Waals surface area contributed by atoms with Gasteiger partial charge < -0.3 is 4.74 Å². The first-order valence-electron chi connectivity index (χ1n) is 6.61. The summed E-state index contributed by atoms with van der Waals surface area (Å²) in [5.74, 6) is 0. The van der Waals surface area contributed by atoms with Gasteiger partial charge in [0.25, 0.3) is 0 Å². The van der Waals surface area contributed by atoms with Crippen molar-refractivity contribution in [1.29, 1.82) is 0 Å². The molecule has 0 spiro atoms. The van der Waals surface area contributed by atoms with Gasteiger partial charge in [-0.25, -0.2) is 0 Å². The number of ether oxygens (including phenoxy) is 1. The molecule has 0 heterocycles. The zero-order chi connectivity index (χ0) is 12.5. The number of rotatable bonds is 8. The second-order valence-electron chi connectivity index (χ2n) is 4.48. The molecule has 1 nitrogen and oxygen atoms in total. The molecule has 17 heavy (non-hydrogen) atoms. The number of hydrogen-bond donors (Lipinski definition) is 0. The van der Waals surface area contributed by atoms with Crippen LogP contribution < -0.4 is 0 Å². The Kier molecular flexibility index (Phi) is 6.64. The van der Waals surface area contributed by atoms with Gasteiger partial charge in [0.1, 0.15) is 0 Å². The molecule has 94 valence electrons. The second-order valence-corrected chi connectivity index (χ2v) is 4.48. The fourth-order valence-electron chi connectivity index (χ4n) is 1.92. The topological polar surface area (TPSA) is 9.23 Å². The molecule has 0 N–H and O–H groups in total. The molecule has 0 aliphatic rings. The third-order valence-corrected chi connectivity index (χ3v) is 2.87. The van der Waals surface area contributed by atoms with E-state index in [1.165, 1.54) is 11.1 Å². The van der Waals surface area contributed by atoms with Crippen molar-refractivity contribution in [1.82, 2.24) is 0 Å². The standard InChI is InChI=1S/C16H24O/c1-4-9-14(3)16(10-5-2)17-13-15-11-7-6-8-12-15/h6-8,11-12,16H,3-5,9-10,13H2,1-2H3. The monoisotopic (exact) mass is 232 g/mol. The maximum absolute atomic E-state index is 5.98. The van der Waals surface area contributed by atoms with Crippen LogP contribution in [0.5, 0.6) is 0 Å². The Balaban J connectivity index is 2.47. The van der Waals surface area contributed by atoms with Gasteiger partial charge in [0, 0.05) is 0 Å². The Labute approximate surface area is 106 Å². The third kappa shape index (κ3) is 5.18. The van der Waals surface area contributed by atoms with Crippen molar-refractivity contribution in [2.75, 3.05) is 0 Å². The molecule has 0 fully saturated rings. The lowest BCUT2D eigenvalue weighted by Crippen LogP contribution is -2.15. The van der Waals surface area contributed by atoms with Crippen LogP contribution in [0.3, 0.4) is 0 Å². The average molecular weight is 232 g/mol. The number of hydrogen-bond acceptors (Lipinski definition) is 1. The van der Waals surface area contributed by atoms with Crippen molar-refractivity contribution < 1.29 is 4.74 Å². The van der Waals surface area contributed by atoms with Gasteiger partial charge in [-0.3, -0.25) is 0 Å². The summed E-state index contributed by atoms with van der Waals surface area (Å²) in [6.07, 6.45) is 4.65. The predicted molar refractivity (Wildman–Crippen MR) is 74.0 cm³/mol. The summed E-state index contributed by atoms with van der Waals surface area (Å²) in [6, 6.07) is 10.3. The van der Waals surface area contributed by atoms with Gasteiger partial charge in [0.2, 0.25) is 0 Å². The van der Waals surface area contributed by atoms with Crippen LogP contribution in [-0.4, -0.2) is 6.10 Å². The third-order valence-electron chi connectivity index (χ3n) is 2.87. The van der Waals surface area contributed by atoms with E-state index in [0.29, 0.717) is 6.61 Å². The minimum Gasteiger partial charge on any atom is -0.369 e. The normalized spacial score (nSPS) is 12.4. The summed E-state index contributed by atoms with van der Waals surface area (Å²) >= 11 is 0. The van der Waals surface area contributed by atoms with E-state index < -0.39 is 0 Å². The van der Waals surface area contributed by atoms with Crippen molar-refractivity contribution in [2.45, 2.75) is 52.2 Å². The quantitative estimate of drug-likeness (QED) is 0.589. The fourth-order valence-corrected chi connectivity index (χ4v) is 1.92. The molecule has 1 aromatic carbocycles. The van der Waals surface area contributed by atoms with Crippen LogP contribution in [-0.2, 0) is 11.3 Å². The van der Waals surface area contributed by atoms with E-state index in [9.17, 15) is 0 Å². The molecular formula is C16H24O. The van der Waals surface area contributed by atoms with Gasteiger partial charge in [-0.05, 0) is 24.0 Å². The van der Waals surface area contributed by atoms with Crippen LogP contribution >= 0.6 is 0 Å². The van der Waals surface area contributed by atoms with Crippen LogP contribution in [0.2, 0.25) is 0 Å². The molecule has 0 aliphatic heterocycles. The highest BCUT2D eigenvalue weighted by molar-refractivity contribution is 5.14. The summed E-state index contributed by atoms with van der Waals surface area (Å²) in [5, 5.41) is 0. The van der Waals surface area contributed by atoms with Crippen molar-refractivity contribution in [3.8, 4) is 0 Å². The van der Waals surface area contributed by atoms with E-state index in [0.717, 1.165) is 25.7 Å². The molecule has 1 atom stereocenters. The highest BCUT2D eigenvalue weighted by Gasteiger charge is 2.11. The lowest BCUT2D eigenvalue weighted by molar-refractivity contribution is 0.0565. The van der Waals surface area contributed by atoms with Crippen LogP contribution in [0, 0.1) is 0 Å². The Hall–Kier alpha value is -1.08. The van der Waals surface area contributed by atoms with Crippen molar-refractivity contribution in [3.63, 3.8) is 0 Å². The van der Waals surface area contributed by atoms with Crippen LogP contribution in [0.4, 0.5) is 0 Å². The summed E-state index contributed by atoms with van der Waals surface area (Å²) in [6.45, 7) is 9.22. The van der Waals surface area contributed by atoms with E-state index in [2.05, 4.69) is 32.6 Å². The van der Waals surface area contributed by atoms with Crippen LogP contribution in [0.25, 0.3) is 0 Å². The first kappa shape index (κ1) is 14.0. The molecule has 0 bridgehead atoms. The molecule has 1 heteroatoms. The van der Waals surface area contributed by atoms with E-state index in [1.54, 1.807) is 0 Å². The minimum atomic E-state index is 0.222. The van der Waals surface area contributed by atoms with Crippen LogP contribution in [0.15, 0.2) is 42.5 Å². The zero-order valence-corrected chi connectivity index (χ0v) is 11.1. The Morgan fingerprint density at radius 3 is 2.47 bits per heavy atom. The molecular weight excluding hydrogens is 208 g/mol. The van der Waals surface area contributed by atoms with E-state index >= 15 is 0 Å². The maximum atomic E-state index is 5.98. The molecule has 0 saturated carbocycles. The van der Waals surface area contributed by atoms with E-state index in [1.807, 2.05) is 18.2 Å². The Bertz CT molecular complexity index is 316. The second kappa shape index (κ2) is 8.08. The van der Waals surface area contributed by atoms with Crippen LogP contribution in [0.1, 0.15) is 45.1 Å². The maximum Gasteiger partial charge on any atom is 0.0786 e. The van der Waals surface area contributed by atoms with Gasteiger partial charge in [-0.15, -0.1) is 0 Å². The molecule has 0 amide bonds. The lowest BCUT2D eigenvalue weighted by Gasteiger charge is -2.19. The lowest BCUT2D eigenvalue weighted by atomic mass is 10.0. The largest absolute Gasteiger partial charge is 0.369 e. The molecule has 0 radical (unpaired) electrons. The average Bonchev–Trinajstić information content (AvgIpc) is 2.36. The first-order valence-corrected chi connectivity index (χ1v) is 6.61. The van der Waals surface area contributed by atoms with Crippen molar-refractivity contribution in [3.05, 3.63) is 48.0 Å². The van der Waals surface area contributed by atoms with Gasteiger partial charge in [0.05, 0.1) is 12.7 Å². The van der Waals surface area contributed by atoms with Gasteiger partial charge in [-0.2, -0.15) is 0 Å². The number of benzene rings is 1. The molecule has 1 rings (SSSR count). The SMILES string of the molecule is C=C(CCC)C(CCC)OCc1ccccc1. The first-order chi connectivity index (χ1) is 8.27. The Morgan fingerprint density at radius 1 is 1.18 bits per heavy atom. The van der Waals surface area contributed by atoms with Gasteiger partial charge in [-0.1, -0.05) is 63.6 Å².